The number of anilines is 1. The lowest BCUT2D eigenvalue weighted by Crippen LogP contribution is -2.26. The van der Waals surface area contributed by atoms with Gasteiger partial charge in [-0.05, 0) is 37.6 Å². The van der Waals surface area contributed by atoms with Crippen LogP contribution in [0.1, 0.15) is 19.4 Å². The minimum Gasteiger partial charge on any atom is -0.325 e. The summed E-state index contributed by atoms with van der Waals surface area (Å²) in [6.45, 7) is 3.77. The number of hydrogen-bond acceptors (Lipinski definition) is 3. The third-order valence-corrected chi connectivity index (χ3v) is 3.48. The monoisotopic (exact) mass is 255 g/mol. The average molecular weight is 255 g/mol. The number of amides is 1. The van der Waals surface area contributed by atoms with Gasteiger partial charge in [-0.15, -0.1) is 0 Å². The molecule has 2 heterocycles. The van der Waals surface area contributed by atoms with Gasteiger partial charge in [0.05, 0.1) is 11.1 Å². The van der Waals surface area contributed by atoms with E-state index in [1.807, 2.05) is 32.0 Å². The number of nitrogens with zero attached hydrogens (tertiary/aromatic N) is 1. The molecule has 5 heteroatoms. The number of H-pyrrole nitrogens is 1. The first kappa shape index (κ1) is 11.6. The molecule has 19 heavy (non-hydrogen) atoms. The van der Waals surface area contributed by atoms with Crippen molar-refractivity contribution >= 4 is 11.6 Å². The van der Waals surface area contributed by atoms with Crippen LogP contribution < -0.4 is 10.9 Å². The number of benzene rings is 1. The molecule has 2 aromatic rings. The Labute approximate surface area is 109 Å². The van der Waals surface area contributed by atoms with Crippen LogP contribution in [0.25, 0.3) is 11.3 Å². The van der Waals surface area contributed by atoms with E-state index in [-0.39, 0.29) is 11.5 Å². The van der Waals surface area contributed by atoms with Crippen molar-refractivity contribution < 1.29 is 4.79 Å². The topological polar surface area (TPSA) is 74.8 Å². The maximum Gasteiger partial charge on any atom is 0.264 e. The molecule has 0 aliphatic carbocycles. The predicted octanol–water partition coefficient (Wildman–Crippen LogP) is 1.67. The number of fused-ring (bicyclic) bond motifs is 1. The molecule has 0 atom stereocenters. The molecule has 96 valence electrons. The van der Waals surface area contributed by atoms with Gasteiger partial charge in [-0.3, -0.25) is 9.59 Å². The fourth-order valence-corrected chi connectivity index (χ4v) is 2.24. The summed E-state index contributed by atoms with van der Waals surface area (Å²) in [5, 5.41) is 9.26. The summed E-state index contributed by atoms with van der Waals surface area (Å²) >= 11 is 0. The molecule has 0 fully saturated rings. The number of nitrogens with one attached hydrogen (secondary N) is 2. The van der Waals surface area contributed by atoms with Crippen LogP contribution in [0.5, 0.6) is 0 Å². The highest BCUT2D eigenvalue weighted by Gasteiger charge is 2.38. The Hall–Kier alpha value is -2.43. The molecule has 1 aromatic heterocycles. The first-order valence-corrected chi connectivity index (χ1v) is 6.00. The summed E-state index contributed by atoms with van der Waals surface area (Å²) in [5.41, 5.74) is 2.55. The van der Waals surface area contributed by atoms with E-state index in [1.165, 1.54) is 6.07 Å². The molecular formula is C14H13N3O2. The summed E-state index contributed by atoms with van der Waals surface area (Å²) in [4.78, 5) is 22.9. The Kier molecular flexibility index (Phi) is 2.32. The molecule has 5 nitrogen and oxygen atoms in total. The number of hydrogen-bond donors (Lipinski definition) is 2. The molecule has 0 bridgehead atoms. The first-order valence-electron chi connectivity index (χ1n) is 6.00. The van der Waals surface area contributed by atoms with Crippen molar-refractivity contribution in [2.24, 2.45) is 0 Å². The molecule has 0 saturated carbocycles. The van der Waals surface area contributed by atoms with Crippen LogP contribution in [0.4, 0.5) is 5.69 Å². The highest BCUT2D eigenvalue weighted by Crippen LogP contribution is 2.39. The van der Waals surface area contributed by atoms with Crippen LogP contribution in [0, 0.1) is 0 Å². The van der Waals surface area contributed by atoms with Crippen LogP contribution in [0.2, 0.25) is 0 Å². The van der Waals surface area contributed by atoms with E-state index >= 15 is 0 Å². The number of rotatable bonds is 1. The molecule has 0 radical (unpaired) electrons. The van der Waals surface area contributed by atoms with Gasteiger partial charge in [-0.2, -0.15) is 5.10 Å². The standard InChI is InChI=1S/C14H13N3O2/c1-14(2)9-7-8(3-4-11(9)15-13(14)19)10-5-6-12(18)17-16-10/h3-7H,1-2H3,(H,15,19)(H,17,18). The summed E-state index contributed by atoms with van der Waals surface area (Å²) < 4.78 is 0. The summed E-state index contributed by atoms with van der Waals surface area (Å²) in [6.07, 6.45) is 0. The van der Waals surface area contributed by atoms with Crippen LogP contribution in [-0.2, 0) is 10.2 Å². The third-order valence-electron chi connectivity index (χ3n) is 3.48. The van der Waals surface area contributed by atoms with Crippen molar-refractivity contribution in [1.29, 1.82) is 0 Å². The highest BCUT2D eigenvalue weighted by atomic mass is 16.2. The number of aromatic nitrogens is 2. The number of carbonyl (C=O) groups is 1. The van der Waals surface area contributed by atoms with E-state index < -0.39 is 5.41 Å². The van der Waals surface area contributed by atoms with Crippen molar-refractivity contribution in [3.05, 3.63) is 46.2 Å². The van der Waals surface area contributed by atoms with E-state index in [9.17, 15) is 9.59 Å². The van der Waals surface area contributed by atoms with Crippen molar-refractivity contribution in [2.75, 3.05) is 5.32 Å². The van der Waals surface area contributed by atoms with Crippen LogP contribution in [-0.4, -0.2) is 16.1 Å². The number of aromatic amines is 1. The van der Waals surface area contributed by atoms with Gasteiger partial charge in [0.2, 0.25) is 5.91 Å². The van der Waals surface area contributed by atoms with Gasteiger partial charge < -0.3 is 5.32 Å². The maximum absolute atomic E-state index is 11.9. The molecule has 3 rings (SSSR count). The lowest BCUT2D eigenvalue weighted by atomic mass is 9.85. The molecule has 2 N–H and O–H groups in total. The van der Waals surface area contributed by atoms with E-state index in [0.717, 1.165) is 16.8 Å². The lowest BCUT2D eigenvalue weighted by Gasteiger charge is -2.15. The molecule has 0 spiro atoms. The third kappa shape index (κ3) is 1.74. The van der Waals surface area contributed by atoms with Crippen molar-refractivity contribution in [1.82, 2.24) is 10.2 Å². The van der Waals surface area contributed by atoms with Gasteiger partial charge in [-0.25, -0.2) is 5.10 Å². The molecule has 0 unspecified atom stereocenters. The zero-order valence-corrected chi connectivity index (χ0v) is 10.7. The summed E-state index contributed by atoms with van der Waals surface area (Å²) in [7, 11) is 0. The smallest absolute Gasteiger partial charge is 0.264 e. The van der Waals surface area contributed by atoms with Gasteiger partial charge >= 0.3 is 0 Å². The zero-order valence-electron chi connectivity index (χ0n) is 10.7. The molecule has 1 aliphatic rings. The zero-order chi connectivity index (χ0) is 13.6. The Bertz CT molecular complexity index is 711. The molecule has 1 aromatic carbocycles. The van der Waals surface area contributed by atoms with Crippen LogP contribution in [0.3, 0.4) is 0 Å². The van der Waals surface area contributed by atoms with Gasteiger partial charge in [0, 0.05) is 17.3 Å². The van der Waals surface area contributed by atoms with Crippen molar-refractivity contribution in [2.45, 2.75) is 19.3 Å². The van der Waals surface area contributed by atoms with E-state index in [0.29, 0.717) is 5.69 Å². The van der Waals surface area contributed by atoms with Crippen molar-refractivity contribution in [3.63, 3.8) is 0 Å². The maximum atomic E-state index is 11.9. The van der Waals surface area contributed by atoms with E-state index in [2.05, 4.69) is 15.5 Å². The summed E-state index contributed by atoms with van der Waals surface area (Å²) in [6, 6.07) is 8.78. The van der Waals surface area contributed by atoms with E-state index in [1.54, 1.807) is 6.07 Å². The van der Waals surface area contributed by atoms with Gasteiger partial charge in [0.1, 0.15) is 0 Å². The summed E-state index contributed by atoms with van der Waals surface area (Å²) in [5.74, 6) is -0.00548. The van der Waals surface area contributed by atoms with Gasteiger partial charge in [0.25, 0.3) is 5.56 Å². The molecule has 1 aliphatic heterocycles. The molecule has 1 amide bonds. The average Bonchev–Trinajstić information content (AvgIpc) is 2.61. The van der Waals surface area contributed by atoms with E-state index in [4.69, 9.17) is 0 Å². The fraction of sp³-hybridized carbons (Fsp3) is 0.214. The quantitative estimate of drug-likeness (QED) is 0.813. The minimum absolute atomic E-state index is 0.00548. The Balaban J connectivity index is 2.13. The van der Waals surface area contributed by atoms with Gasteiger partial charge in [0.15, 0.2) is 0 Å². The SMILES string of the molecule is CC1(C)C(=O)Nc2ccc(-c3ccc(=O)[nH]n3)cc21. The second-order valence-corrected chi connectivity index (χ2v) is 5.15. The predicted molar refractivity (Wildman–Crippen MR) is 71.9 cm³/mol. The fourth-order valence-electron chi connectivity index (χ4n) is 2.24. The largest absolute Gasteiger partial charge is 0.325 e. The first-order chi connectivity index (χ1) is 8.98. The second kappa shape index (κ2) is 3.78. The van der Waals surface area contributed by atoms with Gasteiger partial charge in [-0.1, -0.05) is 6.07 Å². The molecular weight excluding hydrogens is 242 g/mol. The molecule has 0 saturated heterocycles. The lowest BCUT2D eigenvalue weighted by molar-refractivity contribution is -0.119. The Morgan fingerprint density at radius 1 is 1.11 bits per heavy atom. The Morgan fingerprint density at radius 3 is 2.58 bits per heavy atom. The van der Waals surface area contributed by atoms with Crippen molar-refractivity contribution in [3.8, 4) is 11.3 Å². The number of carbonyl (C=O) groups excluding carboxylic acids is 1. The van der Waals surface area contributed by atoms with Crippen LogP contribution >= 0.6 is 0 Å². The van der Waals surface area contributed by atoms with Crippen LogP contribution in [0.15, 0.2) is 35.1 Å². The Morgan fingerprint density at radius 2 is 1.89 bits per heavy atom. The second-order valence-electron chi connectivity index (χ2n) is 5.15. The minimum atomic E-state index is -0.548. The normalized spacial score (nSPS) is 16.0. The highest BCUT2D eigenvalue weighted by molar-refractivity contribution is 6.06.